The van der Waals surface area contributed by atoms with Gasteiger partial charge in [-0.3, -0.25) is 14.5 Å². The normalized spacial score (nSPS) is 16.2. The lowest BCUT2D eigenvalue weighted by Gasteiger charge is -2.22. The third-order valence-corrected chi connectivity index (χ3v) is 3.28. The highest BCUT2D eigenvalue weighted by Gasteiger charge is 2.38. The van der Waals surface area contributed by atoms with Gasteiger partial charge < -0.3 is 5.11 Å². The number of aryl methyl sites for hydroxylation is 1. The molecule has 1 unspecified atom stereocenters. The van der Waals surface area contributed by atoms with Crippen LogP contribution in [0.2, 0.25) is 0 Å². The molecular formula is C15H15NO4. The second-order valence-electron chi connectivity index (χ2n) is 4.72. The van der Waals surface area contributed by atoms with Gasteiger partial charge in [0.1, 0.15) is 6.04 Å². The molecule has 0 aromatic heterocycles. The van der Waals surface area contributed by atoms with Crippen LogP contribution in [0.1, 0.15) is 18.9 Å². The number of carboxylic acid groups (broad SMARTS) is 1. The minimum absolute atomic E-state index is 0.206. The molecule has 2 rings (SSSR count). The smallest absolute Gasteiger partial charge is 0.326 e. The van der Waals surface area contributed by atoms with Gasteiger partial charge >= 0.3 is 5.97 Å². The van der Waals surface area contributed by atoms with Crippen LogP contribution < -0.4 is 0 Å². The Balaban J connectivity index is 2.11. The first-order valence-electron chi connectivity index (χ1n) is 6.33. The number of nitrogens with zero attached hydrogens (tertiary/aromatic N) is 1. The molecule has 1 aromatic rings. The van der Waals surface area contributed by atoms with Crippen LogP contribution >= 0.6 is 0 Å². The second-order valence-corrected chi connectivity index (χ2v) is 4.72. The maximum Gasteiger partial charge on any atom is 0.326 e. The summed E-state index contributed by atoms with van der Waals surface area (Å²) in [5.74, 6) is -2.23. The second kappa shape index (κ2) is 5.69. The molecule has 2 amide bonds. The molecule has 0 radical (unpaired) electrons. The van der Waals surface area contributed by atoms with Crippen molar-refractivity contribution in [3.63, 3.8) is 0 Å². The Morgan fingerprint density at radius 2 is 1.90 bits per heavy atom. The number of amides is 2. The van der Waals surface area contributed by atoms with Gasteiger partial charge in [0.25, 0.3) is 11.8 Å². The van der Waals surface area contributed by atoms with E-state index >= 15 is 0 Å². The van der Waals surface area contributed by atoms with Crippen molar-refractivity contribution in [1.82, 2.24) is 4.90 Å². The van der Waals surface area contributed by atoms with Crippen LogP contribution in [-0.4, -0.2) is 33.8 Å². The zero-order chi connectivity index (χ0) is 14.7. The molecule has 1 heterocycles. The highest BCUT2D eigenvalue weighted by molar-refractivity contribution is 6.17. The molecule has 1 aliphatic rings. The monoisotopic (exact) mass is 273 g/mol. The predicted molar refractivity (Wildman–Crippen MR) is 71.8 cm³/mol. The van der Waals surface area contributed by atoms with Gasteiger partial charge in [0.05, 0.1) is 0 Å². The van der Waals surface area contributed by atoms with E-state index in [1.807, 2.05) is 30.3 Å². The van der Waals surface area contributed by atoms with Crippen molar-refractivity contribution in [3.8, 4) is 0 Å². The fourth-order valence-corrected chi connectivity index (χ4v) is 2.21. The number of hydrogen-bond acceptors (Lipinski definition) is 3. The first kappa shape index (κ1) is 14.0. The summed E-state index contributed by atoms with van der Waals surface area (Å²) >= 11 is 0. The molecule has 20 heavy (non-hydrogen) atoms. The highest BCUT2D eigenvalue weighted by atomic mass is 16.4. The zero-order valence-corrected chi connectivity index (χ0v) is 11.1. The maximum absolute atomic E-state index is 11.8. The molecule has 0 bridgehead atoms. The summed E-state index contributed by atoms with van der Waals surface area (Å²) in [5.41, 5.74) is 1.25. The molecule has 5 nitrogen and oxygen atoms in total. The van der Waals surface area contributed by atoms with Crippen molar-refractivity contribution in [3.05, 3.63) is 47.5 Å². The van der Waals surface area contributed by atoms with E-state index in [1.54, 1.807) is 0 Å². The van der Waals surface area contributed by atoms with Crippen LogP contribution in [0.15, 0.2) is 42.0 Å². The lowest BCUT2D eigenvalue weighted by atomic mass is 10.0. The number of carbonyl (C=O) groups excluding carboxylic acids is 2. The Hall–Kier alpha value is -2.43. The average molecular weight is 273 g/mol. The van der Waals surface area contributed by atoms with Crippen LogP contribution in [0.3, 0.4) is 0 Å². The third kappa shape index (κ3) is 2.77. The molecule has 5 heteroatoms. The number of imide groups is 1. The van der Waals surface area contributed by atoms with Crippen LogP contribution in [0.5, 0.6) is 0 Å². The van der Waals surface area contributed by atoms with E-state index in [0.29, 0.717) is 6.42 Å². The van der Waals surface area contributed by atoms with Crippen molar-refractivity contribution in [1.29, 1.82) is 0 Å². The van der Waals surface area contributed by atoms with Gasteiger partial charge in [0, 0.05) is 11.6 Å². The van der Waals surface area contributed by atoms with E-state index in [2.05, 4.69) is 0 Å². The fraction of sp³-hybridized carbons (Fsp3) is 0.267. The quantitative estimate of drug-likeness (QED) is 0.823. The van der Waals surface area contributed by atoms with Gasteiger partial charge in [-0.05, 0) is 25.3 Å². The third-order valence-electron chi connectivity index (χ3n) is 3.28. The molecule has 0 saturated carbocycles. The lowest BCUT2D eigenvalue weighted by Crippen LogP contribution is -2.45. The van der Waals surface area contributed by atoms with Gasteiger partial charge in [-0.25, -0.2) is 4.79 Å². The van der Waals surface area contributed by atoms with Crippen LogP contribution in [0.25, 0.3) is 0 Å². The Morgan fingerprint density at radius 3 is 2.40 bits per heavy atom. The fourth-order valence-electron chi connectivity index (χ4n) is 2.21. The van der Waals surface area contributed by atoms with Crippen molar-refractivity contribution in [2.75, 3.05) is 0 Å². The van der Waals surface area contributed by atoms with E-state index in [-0.39, 0.29) is 12.0 Å². The summed E-state index contributed by atoms with van der Waals surface area (Å²) in [6.45, 7) is 1.51. The molecule has 0 saturated heterocycles. The minimum Gasteiger partial charge on any atom is -0.480 e. The zero-order valence-electron chi connectivity index (χ0n) is 11.1. The van der Waals surface area contributed by atoms with Gasteiger partial charge in [-0.2, -0.15) is 0 Å². The maximum atomic E-state index is 11.8. The molecule has 0 fully saturated rings. The van der Waals surface area contributed by atoms with Crippen LogP contribution in [0.4, 0.5) is 0 Å². The van der Waals surface area contributed by atoms with Crippen LogP contribution in [-0.2, 0) is 20.8 Å². The number of benzene rings is 1. The Kier molecular flexibility index (Phi) is 3.98. The highest BCUT2D eigenvalue weighted by Crippen LogP contribution is 2.19. The van der Waals surface area contributed by atoms with Crippen molar-refractivity contribution >= 4 is 17.8 Å². The standard InChI is InChI=1S/C15H15NO4/c1-10-9-13(17)16(14(10)18)12(15(19)20)8-7-11-5-3-2-4-6-11/h2-6,9,12H,7-8H2,1H3,(H,19,20). The largest absolute Gasteiger partial charge is 0.480 e. The minimum atomic E-state index is -1.16. The molecular weight excluding hydrogens is 258 g/mol. The summed E-state index contributed by atoms with van der Waals surface area (Å²) in [7, 11) is 0. The molecule has 1 N–H and O–H groups in total. The molecule has 0 aliphatic carbocycles. The Morgan fingerprint density at radius 1 is 1.25 bits per heavy atom. The van der Waals surface area contributed by atoms with Crippen molar-refractivity contribution in [2.24, 2.45) is 0 Å². The Labute approximate surface area is 116 Å². The van der Waals surface area contributed by atoms with Gasteiger partial charge in [0.15, 0.2) is 0 Å². The first-order chi connectivity index (χ1) is 9.50. The van der Waals surface area contributed by atoms with Crippen molar-refractivity contribution in [2.45, 2.75) is 25.8 Å². The summed E-state index contributed by atoms with van der Waals surface area (Å²) in [4.78, 5) is 35.7. The summed E-state index contributed by atoms with van der Waals surface area (Å²) < 4.78 is 0. The van der Waals surface area contributed by atoms with E-state index in [1.165, 1.54) is 13.0 Å². The summed E-state index contributed by atoms with van der Waals surface area (Å²) in [6.07, 6.45) is 1.88. The number of carbonyl (C=O) groups is 3. The Bertz CT molecular complexity index is 577. The number of carboxylic acids is 1. The SMILES string of the molecule is CC1=CC(=O)N(C(CCc2ccccc2)C(=O)O)C1=O. The van der Waals surface area contributed by atoms with Crippen molar-refractivity contribution < 1.29 is 19.5 Å². The molecule has 1 aromatic carbocycles. The number of aliphatic carboxylic acids is 1. The van der Waals surface area contributed by atoms with E-state index in [4.69, 9.17) is 0 Å². The molecule has 1 atom stereocenters. The van der Waals surface area contributed by atoms with Gasteiger partial charge in [-0.15, -0.1) is 0 Å². The molecule has 1 aliphatic heterocycles. The topological polar surface area (TPSA) is 74.7 Å². The first-order valence-corrected chi connectivity index (χ1v) is 6.33. The van der Waals surface area contributed by atoms with E-state index in [0.717, 1.165) is 10.5 Å². The van der Waals surface area contributed by atoms with Gasteiger partial charge in [-0.1, -0.05) is 30.3 Å². The van der Waals surface area contributed by atoms with Crippen LogP contribution in [0, 0.1) is 0 Å². The van der Waals surface area contributed by atoms with Gasteiger partial charge in [0.2, 0.25) is 0 Å². The van der Waals surface area contributed by atoms with E-state index in [9.17, 15) is 19.5 Å². The number of rotatable bonds is 5. The number of hydrogen-bond donors (Lipinski definition) is 1. The average Bonchev–Trinajstić information content (AvgIpc) is 2.66. The predicted octanol–water partition coefficient (Wildman–Crippen LogP) is 1.39. The molecule has 0 spiro atoms. The lowest BCUT2D eigenvalue weighted by molar-refractivity contribution is -0.153. The molecule has 104 valence electrons. The summed E-state index contributed by atoms with van der Waals surface area (Å²) in [6, 6.07) is 8.25. The van der Waals surface area contributed by atoms with E-state index < -0.39 is 23.8 Å². The summed E-state index contributed by atoms with van der Waals surface area (Å²) in [5, 5.41) is 9.26.